The molecule has 4 nitrogen and oxygen atoms in total. The van der Waals surface area contributed by atoms with Crippen LogP contribution in [0.15, 0.2) is 71.2 Å². The average Bonchev–Trinajstić information content (AvgIpc) is 2.74. The van der Waals surface area contributed by atoms with Gasteiger partial charge in [-0.05, 0) is 44.8 Å². The zero-order valence-electron chi connectivity index (χ0n) is 15.5. The summed E-state index contributed by atoms with van der Waals surface area (Å²) in [5.41, 5.74) is 1.16. The van der Waals surface area contributed by atoms with Crippen LogP contribution in [0.5, 0.6) is 5.75 Å². The molecular formula is C23H21BrN2O2. The molecule has 28 heavy (non-hydrogen) atoms. The lowest BCUT2D eigenvalue weighted by Gasteiger charge is -2.22. The molecule has 0 radical (unpaired) electrons. The Kier molecular flexibility index (Phi) is 7.05. The summed E-state index contributed by atoms with van der Waals surface area (Å²) >= 11 is 3.58. The van der Waals surface area contributed by atoms with Gasteiger partial charge in [0.25, 0.3) is 5.91 Å². The zero-order valence-corrected chi connectivity index (χ0v) is 17.1. The minimum atomic E-state index is -0.119. The van der Waals surface area contributed by atoms with Gasteiger partial charge in [-0.2, -0.15) is 5.26 Å². The summed E-state index contributed by atoms with van der Waals surface area (Å²) in [6.07, 6.45) is 1.05. The van der Waals surface area contributed by atoms with Crippen molar-refractivity contribution in [3.63, 3.8) is 0 Å². The second kappa shape index (κ2) is 9.91. The van der Waals surface area contributed by atoms with E-state index in [2.05, 4.69) is 22.0 Å². The van der Waals surface area contributed by atoms with Crippen LogP contribution < -0.4 is 4.74 Å². The summed E-state index contributed by atoms with van der Waals surface area (Å²) in [6, 6.07) is 24.0. The number of benzene rings is 3. The predicted octanol–water partition coefficient (Wildman–Crippen LogP) is 4.97. The van der Waals surface area contributed by atoms with Crippen LogP contribution in [-0.2, 0) is 11.2 Å². The molecule has 0 N–H and O–H groups in total. The number of carbonyl (C=O) groups excluding carboxylic acids is 1. The molecule has 0 aliphatic rings. The van der Waals surface area contributed by atoms with Gasteiger partial charge in [0.05, 0.1) is 17.0 Å². The molecule has 0 aliphatic heterocycles. The Labute approximate surface area is 173 Å². The summed E-state index contributed by atoms with van der Waals surface area (Å²) < 4.78 is 6.64. The van der Waals surface area contributed by atoms with Gasteiger partial charge in [-0.1, -0.05) is 60.7 Å². The normalized spacial score (nSPS) is 10.4. The predicted molar refractivity (Wildman–Crippen MR) is 114 cm³/mol. The van der Waals surface area contributed by atoms with Crippen LogP contribution in [0.25, 0.3) is 10.8 Å². The Hall–Kier alpha value is -2.84. The van der Waals surface area contributed by atoms with E-state index in [1.165, 1.54) is 0 Å². The van der Waals surface area contributed by atoms with Crippen molar-refractivity contribution in [3.05, 3.63) is 76.8 Å². The van der Waals surface area contributed by atoms with Crippen LogP contribution in [0.2, 0.25) is 0 Å². The van der Waals surface area contributed by atoms with Crippen molar-refractivity contribution in [1.29, 1.82) is 5.26 Å². The summed E-state index contributed by atoms with van der Waals surface area (Å²) in [5.74, 6) is 0.515. The Bertz CT molecular complexity index is 983. The maximum atomic E-state index is 12.7. The Morgan fingerprint density at radius 1 is 1.00 bits per heavy atom. The third-order valence-corrected chi connectivity index (χ3v) is 5.36. The van der Waals surface area contributed by atoms with E-state index in [-0.39, 0.29) is 12.5 Å². The van der Waals surface area contributed by atoms with Crippen molar-refractivity contribution in [2.24, 2.45) is 0 Å². The van der Waals surface area contributed by atoms with Gasteiger partial charge in [0.15, 0.2) is 6.61 Å². The zero-order chi connectivity index (χ0) is 19.8. The minimum absolute atomic E-state index is 0.0584. The number of carbonyl (C=O) groups is 1. The fourth-order valence-corrected chi connectivity index (χ4v) is 3.62. The lowest BCUT2D eigenvalue weighted by Crippen LogP contribution is -2.37. The van der Waals surface area contributed by atoms with E-state index in [9.17, 15) is 4.79 Å². The monoisotopic (exact) mass is 436 g/mol. The number of nitriles is 1. The van der Waals surface area contributed by atoms with Crippen LogP contribution in [-0.4, -0.2) is 30.5 Å². The first kappa shape index (κ1) is 19.9. The van der Waals surface area contributed by atoms with Crippen LogP contribution in [0, 0.1) is 11.3 Å². The van der Waals surface area contributed by atoms with E-state index in [4.69, 9.17) is 10.00 Å². The number of ether oxygens (including phenoxy) is 1. The van der Waals surface area contributed by atoms with Crippen molar-refractivity contribution in [1.82, 2.24) is 4.90 Å². The van der Waals surface area contributed by atoms with Gasteiger partial charge in [-0.3, -0.25) is 4.79 Å². The molecule has 0 saturated heterocycles. The maximum absolute atomic E-state index is 12.7. The van der Waals surface area contributed by atoms with Gasteiger partial charge in [0.1, 0.15) is 5.75 Å². The van der Waals surface area contributed by atoms with E-state index in [0.29, 0.717) is 25.3 Å². The molecule has 0 bridgehead atoms. The largest absolute Gasteiger partial charge is 0.483 e. The second-order valence-electron chi connectivity index (χ2n) is 6.41. The first-order valence-corrected chi connectivity index (χ1v) is 9.97. The molecule has 0 unspecified atom stereocenters. The minimum Gasteiger partial charge on any atom is -0.483 e. The summed E-state index contributed by atoms with van der Waals surface area (Å²) in [6.45, 7) is 0.911. The summed E-state index contributed by atoms with van der Waals surface area (Å²) in [7, 11) is 0. The second-order valence-corrected chi connectivity index (χ2v) is 7.20. The van der Waals surface area contributed by atoms with Crippen molar-refractivity contribution in [2.75, 3.05) is 19.7 Å². The van der Waals surface area contributed by atoms with Crippen molar-refractivity contribution < 1.29 is 9.53 Å². The highest BCUT2D eigenvalue weighted by atomic mass is 79.9. The third kappa shape index (κ3) is 5.11. The summed E-state index contributed by atoms with van der Waals surface area (Å²) in [5, 5.41) is 11.0. The molecule has 5 heteroatoms. The Morgan fingerprint density at radius 2 is 1.75 bits per heavy atom. The van der Waals surface area contributed by atoms with Gasteiger partial charge in [-0.25, -0.2) is 0 Å². The molecule has 0 heterocycles. The molecule has 0 aliphatic carbocycles. The molecule has 3 rings (SSSR count). The van der Waals surface area contributed by atoms with E-state index >= 15 is 0 Å². The number of amides is 1. The third-order valence-electron chi connectivity index (χ3n) is 4.54. The molecular weight excluding hydrogens is 416 g/mol. The van der Waals surface area contributed by atoms with Gasteiger partial charge >= 0.3 is 0 Å². The van der Waals surface area contributed by atoms with Gasteiger partial charge in [-0.15, -0.1) is 0 Å². The first-order chi connectivity index (χ1) is 13.7. The van der Waals surface area contributed by atoms with Crippen molar-refractivity contribution in [2.45, 2.75) is 12.8 Å². The molecule has 0 aromatic heterocycles. The number of nitrogens with zero attached hydrogens (tertiary/aromatic N) is 2. The lowest BCUT2D eigenvalue weighted by molar-refractivity contribution is -0.133. The first-order valence-electron chi connectivity index (χ1n) is 9.17. The van der Waals surface area contributed by atoms with Gasteiger partial charge < -0.3 is 9.64 Å². The fraction of sp³-hybridized carbons (Fsp3) is 0.217. The van der Waals surface area contributed by atoms with E-state index < -0.39 is 0 Å². The van der Waals surface area contributed by atoms with E-state index in [1.807, 2.05) is 66.7 Å². The van der Waals surface area contributed by atoms with E-state index in [1.54, 1.807) is 4.90 Å². The highest BCUT2D eigenvalue weighted by molar-refractivity contribution is 9.10. The van der Waals surface area contributed by atoms with Crippen LogP contribution in [0.4, 0.5) is 0 Å². The number of halogens is 1. The smallest absolute Gasteiger partial charge is 0.260 e. The van der Waals surface area contributed by atoms with Crippen LogP contribution in [0.1, 0.15) is 12.0 Å². The lowest BCUT2D eigenvalue weighted by atomic mass is 10.1. The fourth-order valence-electron chi connectivity index (χ4n) is 3.01. The molecule has 0 fully saturated rings. The number of hydrogen-bond acceptors (Lipinski definition) is 3. The van der Waals surface area contributed by atoms with Crippen molar-refractivity contribution in [3.8, 4) is 11.8 Å². The molecule has 0 saturated carbocycles. The Morgan fingerprint density at radius 3 is 2.54 bits per heavy atom. The maximum Gasteiger partial charge on any atom is 0.260 e. The van der Waals surface area contributed by atoms with Crippen LogP contribution >= 0.6 is 15.9 Å². The Balaban J connectivity index is 1.64. The molecule has 3 aromatic carbocycles. The molecule has 142 valence electrons. The van der Waals surface area contributed by atoms with Crippen LogP contribution in [0.3, 0.4) is 0 Å². The van der Waals surface area contributed by atoms with Gasteiger partial charge in [0.2, 0.25) is 0 Å². The highest BCUT2D eigenvalue weighted by Crippen LogP contribution is 2.33. The number of fused-ring (bicyclic) bond motifs is 1. The molecule has 1 amide bonds. The molecule has 0 atom stereocenters. The molecule has 3 aromatic rings. The highest BCUT2D eigenvalue weighted by Gasteiger charge is 2.15. The van der Waals surface area contributed by atoms with E-state index in [0.717, 1.165) is 27.2 Å². The summed E-state index contributed by atoms with van der Waals surface area (Å²) in [4.78, 5) is 14.4. The number of hydrogen-bond donors (Lipinski definition) is 0. The number of rotatable bonds is 8. The van der Waals surface area contributed by atoms with Gasteiger partial charge in [0, 0.05) is 13.1 Å². The SMILES string of the molecule is N#CCCN(CCc1ccccc1)C(=O)COc1ccc2ccccc2c1Br. The standard InChI is InChI=1S/C23H21BrN2O2/c24-23-20-10-5-4-9-19(20)11-12-21(23)28-17-22(27)26(15-6-14-25)16-13-18-7-2-1-3-8-18/h1-5,7-12H,6,13,15-17H2. The molecule has 0 spiro atoms. The quantitative estimate of drug-likeness (QED) is 0.500. The topological polar surface area (TPSA) is 53.3 Å². The van der Waals surface area contributed by atoms with Crippen molar-refractivity contribution >= 4 is 32.6 Å². The average molecular weight is 437 g/mol.